The molecule has 0 saturated carbocycles. The van der Waals surface area contributed by atoms with Crippen LogP contribution in [0, 0.1) is 6.92 Å². The summed E-state index contributed by atoms with van der Waals surface area (Å²) in [6.45, 7) is 11.2. The zero-order chi connectivity index (χ0) is 32.0. The van der Waals surface area contributed by atoms with E-state index >= 15 is 0 Å². The fraction of sp³-hybridized carbons (Fsp3) is 0.333. The Morgan fingerprint density at radius 3 is 2.40 bits per heavy atom. The van der Waals surface area contributed by atoms with Crippen molar-refractivity contribution in [3.63, 3.8) is 0 Å². The van der Waals surface area contributed by atoms with Crippen molar-refractivity contribution in [1.82, 2.24) is 9.55 Å². The molecule has 1 heterocycles. The van der Waals surface area contributed by atoms with Crippen LogP contribution in [0.15, 0.2) is 84.0 Å². The third-order valence-corrected chi connectivity index (χ3v) is 8.36. The number of rotatable bonds is 17. The highest BCUT2D eigenvalue weighted by atomic mass is 32.2. The molecule has 0 spiro atoms. The standard InChI is InChI=1S/C36H43N3O5S/c1-5-20-39-26-37-27(4)34(39)25-45(41)33-16-12-31(13-17-33)38-36(40)19-11-30-24-29(10-18-35(30)43-7-3)28-8-14-32(15-9-28)44-23-22-42-21-6-2/h8-19,24,26H,5-7,20-23,25H2,1-4H3,(H,38,40)/b19-11+. The van der Waals surface area contributed by atoms with Gasteiger partial charge in [0, 0.05) is 30.5 Å². The molecule has 3 aromatic carbocycles. The van der Waals surface area contributed by atoms with E-state index in [4.69, 9.17) is 14.2 Å². The average molecular weight is 630 g/mol. The van der Waals surface area contributed by atoms with Crippen LogP contribution in [0.2, 0.25) is 0 Å². The van der Waals surface area contributed by atoms with Gasteiger partial charge in [-0.2, -0.15) is 0 Å². The van der Waals surface area contributed by atoms with E-state index in [1.165, 1.54) is 6.08 Å². The molecule has 1 aromatic heterocycles. The van der Waals surface area contributed by atoms with Gasteiger partial charge in [0.15, 0.2) is 10.6 Å². The van der Waals surface area contributed by atoms with Crippen molar-refractivity contribution in [2.45, 2.75) is 57.7 Å². The molecule has 4 rings (SSSR count). The van der Waals surface area contributed by atoms with Crippen LogP contribution in [-0.2, 0) is 33.0 Å². The lowest BCUT2D eigenvalue weighted by Crippen LogP contribution is -2.11. The minimum Gasteiger partial charge on any atom is -0.611 e. The molecule has 0 saturated heterocycles. The first-order valence-corrected chi connectivity index (χ1v) is 16.8. The van der Waals surface area contributed by atoms with Crippen molar-refractivity contribution in [2.75, 3.05) is 31.7 Å². The number of benzene rings is 3. The normalized spacial score (nSPS) is 11.9. The van der Waals surface area contributed by atoms with Gasteiger partial charge in [-0.15, -0.1) is 0 Å². The topological polar surface area (TPSA) is 97.7 Å². The Morgan fingerprint density at radius 1 is 0.933 bits per heavy atom. The summed E-state index contributed by atoms with van der Waals surface area (Å²) in [6.07, 6.45) is 7.03. The van der Waals surface area contributed by atoms with E-state index in [1.807, 2.05) is 62.6 Å². The van der Waals surface area contributed by atoms with Gasteiger partial charge in [-0.05, 0) is 104 Å². The predicted molar refractivity (Wildman–Crippen MR) is 181 cm³/mol. The number of nitrogens with one attached hydrogen (secondary N) is 1. The molecule has 45 heavy (non-hydrogen) atoms. The average Bonchev–Trinajstić information content (AvgIpc) is 3.39. The molecule has 0 radical (unpaired) electrons. The molecule has 9 heteroatoms. The van der Waals surface area contributed by atoms with Gasteiger partial charge in [0.25, 0.3) is 0 Å². The summed E-state index contributed by atoms with van der Waals surface area (Å²) in [5, 5.41) is 2.89. The maximum atomic E-state index is 13.1. The second-order valence-electron chi connectivity index (χ2n) is 10.5. The lowest BCUT2D eigenvalue weighted by atomic mass is 10.0. The molecule has 0 aliphatic rings. The third kappa shape index (κ3) is 9.97. The fourth-order valence-corrected chi connectivity index (χ4v) is 5.96. The summed E-state index contributed by atoms with van der Waals surface area (Å²) in [5.74, 6) is 1.60. The van der Waals surface area contributed by atoms with Crippen molar-refractivity contribution in [3.8, 4) is 22.6 Å². The largest absolute Gasteiger partial charge is 0.611 e. The van der Waals surface area contributed by atoms with E-state index in [9.17, 15) is 9.35 Å². The zero-order valence-corrected chi connectivity index (χ0v) is 27.4. The lowest BCUT2D eigenvalue weighted by molar-refractivity contribution is -0.111. The molecule has 8 nitrogen and oxygen atoms in total. The van der Waals surface area contributed by atoms with E-state index in [1.54, 1.807) is 30.3 Å². The van der Waals surface area contributed by atoms with Crippen molar-refractivity contribution < 1.29 is 23.6 Å². The Hall–Kier alpha value is -4.05. The molecule has 0 fully saturated rings. The SMILES string of the molecule is CCCOCCOc1ccc(-c2ccc(OCC)c(/C=C/C(=O)Nc3ccc([S+]([O-])Cc4c(C)ncn4CCC)cc3)c2)cc1. The van der Waals surface area contributed by atoms with Crippen LogP contribution in [0.4, 0.5) is 5.69 Å². The second kappa shape index (κ2) is 17.4. The van der Waals surface area contributed by atoms with Crippen molar-refractivity contribution >= 4 is 28.8 Å². The molecule has 0 bridgehead atoms. The molecule has 4 aromatic rings. The Labute approximate surface area is 269 Å². The summed E-state index contributed by atoms with van der Waals surface area (Å²) >= 11 is -1.23. The highest BCUT2D eigenvalue weighted by Crippen LogP contribution is 2.29. The Balaban J connectivity index is 1.38. The smallest absolute Gasteiger partial charge is 0.248 e. The molecule has 0 aliphatic carbocycles. The first kappa shape index (κ1) is 33.8. The van der Waals surface area contributed by atoms with Crippen LogP contribution in [0.25, 0.3) is 17.2 Å². The summed E-state index contributed by atoms with van der Waals surface area (Å²) in [6, 6.07) is 20.9. The van der Waals surface area contributed by atoms with Gasteiger partial charge in [0.1, 0.15) is 18.1 Å². The van der Waals surface area contributed by atoms with Gasteiger partial charge in [-0.25, -0.2) is 4.98 Å². The summed E-state index contributed by atoms with van der Waals surface area (Å²) in [7, 11) is 0. The molecular formula is C36H43N3O5S. The van der Waals surface area contributed by atoms with Gasteiger partial charge in [0.05, 0.1) is 30.9 Å². The van der Waals surface area contributed by atoms with Crippen LogP contribution in [-0.4, -0.2) is 46.4 Å². The number of anilines is 1. The van der Waals surface area contributed by atoms with Crippen LogP contribution in [0.1, 0.15) is 50.6 Å². The Kier molecular flexibility index (Phi) is 13.1. The quantitative estimate of drug-likeness (QED) is 0.0741. The van der Waals surface area contributed by atoms with E-state index in [0.29, 0.717) is 41.9 Å². The van der Waals surface area contributed by atoms with Gasteiger partial charge < -0.3 is 28.6 Å². The van der Waals surface area contributed by atoms with Crippen LogP contribution >= 0.6 is 0 Å². The predicted octanol–water partition coefficient (Wildman–Crippen LogP) is 7.43. The highest BCUT2D eigenvalue weighted by molar-refractivity contribution is 7.90. The van der Waals surface area contributed by atoms with Gasteiger partial charge in [-0.1, -0.05) is 32.0 Å². The number of amides is 1. The number of hydrogen-bond donors (Lipinski definition) is 1. The first-order valence-electron chi connectivity index (χ1n) is 15.5. The number of imidazole rings is 1. The molecule has 1 N–H and O–H groups in total. The van der Waals surface area contributed by atoms with E-state index < -0.39 is 11.2 Å². The summed E-state index contributed by atoms with van der Waals surface area (Å²) in [4.78, 5) is 17.9. The van der Waals surface area contributed by atoms with E-state index in [2.05, 4.69) is 28.7 Å². The minimum absolute atomic E-state index is 0.278. The second-order valence-corrected chi connectivity index (χ2v) is 11.9. The molecule has 1 amide bonds. The first-order chi connectivity index (χ1) is 21.9. The summed E-state index contributed by atoms with van der Waals surface area (Å²) in [5.41, 5.74) is 5.32. The highest BCUT2D eigenvalue weighted by Gasteiger charge is 2.18. The maximum absolute atomic E-state index is 13.1. The number of hydrogen-bond acceptors (Lipinski definition) is 6. The van der Waals surface area contributed by atoms with Gasteiger partial charge in [0.2, 0.25) is 5.91 Å². The van der Waals surface area contributed by atoms with Crippen LogP contribution in [0.5, 0.6) is 11.5 Å². The number of carbonyl (C=O) groups excluding carboxylic acids is 1. The number of aryl methyl sites for hydroxylation is 2. The fourth-order valence-electron chi connectivity index (χ4n) is 4.73. The maximum Gasteiger partial charge on any atom is 0.248 e. The minimum atomic E-state index is -1.23. The van der Waals surface area contributed by atoms with E-state index in [0.717, 1.165) is 59.8 Å². The monoisotopic (exact) mass is 629 g/mol. The van der Waals surface area contributed by atoms with Crippen molar-refractivity contribution in [1.29, 1.82) is 0 Å². The van der Waals surface area contributed by atoms with Crippen LogP contribution < -0.4 is 14.8 Å². The number of nitrogens with zero attached hydrogens (tertiary/aromatic N) is 2. The Bertz CT molecular complexity index is 1530. The summed E-state index contributed by atoms with van der Waals surface area (Å²) < 4.78 is 32.2. The molecule has 1 atom stereocenters. The number of aromatic nitrogens is 2. The molecule has 238 valence electrons. The number of carbonyl (C=O) groups is 1. The Morgan fingerprint density at radius 2 is 1.69 bits per heavy atom. The third-order valence-electron chi connectivity index (χ3n) is 7.03. The molecule has 1 unspecified atom stereocenters. The molecule has 0 aliphatic heterocycles. The van der Waals surface area contributed by atoms with Crippen molar-refractivity contribution in [2.24, 2.45) is 0 Å². The van der Waals surface area contributed by atoms with E-state index in [-0.39, 0.29) is 5.91 Å². The van der Waals surface area contributed by atoms with Crippen molar-refractivity contribution in [3.05, 3.63) is 96.1 Å². The number of ether oxygens (including phenoxy) is 3. The van der Waals surface area contributed by atoms with Gasteiger partial charge >= 0.3 is 0 Å². The lowest BCUT2D eigenvalue weighted by Gasteiger charge is -2.13. The zero-order valence-electron chi connectivity index (χ0n) is 26.6. The van der Waals surface area contributed by atoms with Gasteiger partial charge in [-0.3, -0.25) is 4.79 Å². The van der Waals surface area contributed by atoms with Crippen LogP contribution in [0.3, 0.4) is 0 Å². The molecular weight excluding hydrogens is 586 g/mol.